The van der Waals surface area contributed by atoms with Crippen LogP contribution in [0.15, 0.2) is 36.4 Å². The molecule has 45 heavy (non-hydrogen) atoms. The molecule has 2 nitrogen and oxygen atoms in total. The Kier molecular flexibility index (Phi) is 6.24. The SMILES string of the molecule is Cc1ccc(-c2c3cc(-c4sc(C)c5c6c(sc45)C(=O)c4c(C)sc(C)c4C6=O)sc3c(-c3ccc(C)s3)c3cc(C)sc23)s1. The van der Waals surface area contributed by atoms with Crippen LogP contribution in [-0.2, 0) is 0 Å². The maximum Gasteiger partial charge on any atom is 0.205 e. The fourth-order valence-electron chi connectivity index (χ4n) is 6.82. The zero-order chi connectivity index (χ0) is 31.0. The lowest BCUT2D eigenvalue weighted by Gasteiger charge is -2.12. The molecule has 1 aliphatic rings. The molecule has 8 aromatic rings. The highest BCUT2D eigenvalue weighted by molar-refractivity contribution is 7.32. The highest BCUT2D eigenvalue weighted by Crippen LogP contribution is 2.56. The van der Waals surface area contributed by atoms with Gasteiger partial charge in [-0.15, -0.1) is 79.4 Å². The van der Waals surface area contributed by atoms with Crippen LogP contribution in [0, 0.1) is 41.5 Å². The van der Waals surface area contributed by atoms with E-state index in [1.54, 1.807) is 22.7 Å². The first-order valence-electron chi connectivity index (χ1n) is 14.5. The number of aryl methyl sites for hydroxylation is 6. The van der Waals surface area contributed by atoms with E-state index in [4.69, 9.17) is 0 Å². The number of benzene rings is 1. The van der Waals surface area contributed by atoms with E-state index in [0.29, 0.717) is 21.6 Å². The highest BCUT2D eigenvalue weighted by Gasteiger charge is 2.39. The fourth-order valence-corrected chi connectivity index (χ4v) is 15.0. The largest absolute Gasteiger partial charge is 0.288 e. The lowest BCUT2D eigenvalue weighted by molar-refractivity contribution is 0.0983. The first-order valence-corrected chi connectivity index (χ1v) is 20.2. The first-order chi connectivity index (χ1) is 21.6. The van der Waals surface area contributed by atoms with Gasteiger partial charge in [-0.1, -0.05) is 0 Å². The van der Waals surface area contributed by atoms with Crippen LogP contribution in [0.4, 0.5) is 0 Å². The minimum absolute atomic E-state index is 0.00986. The molecule has 0 radical (unpaired) electrons. The second kappa shape index (κ2) is 9.87. The molecule has 0 unspecified atom stereocenters. The molecule has 0 fully saturated rings. The quantitative estimate of drug-likeness (QED) is 0.183. The van der Waals surface area contributed by atoms with Gasteiger partial charge in [-0.2, -0.15) is 0 Å². The average Bonchev–Trinajstić information content (AvgIpc) is 3.82. The van der Waals surface area contributed by atoms with E-state index in [1.165, 1.54) is 76.8 Å². The molecule has 0 bridgehead atoms. The summed E-state index contributed by atoms with van der Waals surface area (Å²) in [6.45, 7) is 12.6. The van der Waals surface area contributed by atoms with Crippen molar-refractivity contribution in [3.63, 3.8) is 0 Å². The lowest BCUT2D eigenvalue weighted by atomic mass is 9.88. The zero-order valence-electron chi connectivity index (χ0n) is 25.1. The summed E-state index contributed by atoms with van der Waals surface area (Å²) in [4.78, 5) is 40.4. The Hall–Kier alpha value is -2.76. The van der Waals surface area contributed by atoms with E-state index in [0.717, 1.165) is 24.7 Å². The maximum atomic E-state index is 14.0. The minimum atomic E-state index is 0.00986. The molecular weight excluding hydrogens is 689 g/mol. The average molecular weight is 713 g/mol. The monoisotopic (exact) mass is 712 g/mol. The van der Waals surface area contributed by atoms with Gasteiger partial charge >= 0.3 is 0 Å². The number of rotatable bonds is 3. The van der Waals surface area contributed by atoms with Crippen LogP contribution in [0.2, 0.25) is 0 Å². The van der Waals surface area contributed by atoms with Crippen LogP contribution in [0.5, 0.6) is 0 Å². The van der Waals surface area contributed by atoms with Crippen LogP contribution in [0.3, 0.4) is 0 Å². The summed E-state index contributed by atoms with van der Waals surface area (Å²) in [7, 11) is 0. The van der Waals surface area contributed by atoms with Gasteiger partial charge < -0.3 is 0 Å². The standard InChI is InChI=1S/C36H24O2S7/c1-13-7-9-21(39-13)27-19-11-15(3)41-32(19)28(22-10-8-14(2)40-22)20-12-23(44-33(20)27)34-36-26(18(6)43-34)29-30(37)24-16(4)42-17(5)25(24)31(38)35(29)45-36/h7-12H,1-6H3. The summed E-state index contributed by atoms with van der Waals surface area (Å²) >= 11 is 12.3. The molecular formula is C36H24O2S7. The molecule has 0 amide bonds. The fraction of sp³-hybridized carbons (Fsp3) is 0.167. The number of fused-ring (bicyclic) bond motifs is 6. The number of hydrogen-bond acceptors (Lipinski definition) is 9. The molecule has 0 atom stereocenters. The summed E-state index contributed by atoms with van der Waals surface area (Å²) in [5, 5.41) is 3.58. The van der Waals surface area contributed by atoms with Crippen molar-refractivity contribution in [1.82, 2.24) is 0 Å². The van der Waals surface area contributed by atoms with Crippen molar-refractivity contribution in [3.8, 4) is 30.6 Å². The topological polar surface area (TPSA) is 34.1 Å². The second-order valence-corrected chi connectivity index (χ2v) is 20.2. The van der Waals surface area contributed by atoms with E-state index in [2.05, 4.69) is 64.1 Å². The minimum Gasteiger partial charge on any atom is -0.288 e. The lowest BCUT2D eigenvalue weighted by Crippen LogP contribution is -2.18. The van der Waals surface area contributed by atoms with Gasteiger partial charge in [0, 0.05) is 91.7 Å². The van der Waals surface area contributed by atoms with E-state index >= 15 is 0 Å². The van der Waals surface area contributed by atoms with Crippen molar-refractivity contribution in [3.05, 3.63) is 87.2 Å². The highest BCUT2D eigenvalue weighted by atomic mass is 32.1. The smallest absolute Gasteiger partial charge is 0.205 e. The molecule has 0 N–H and O–H groups in total. The van der Waals surface area contributed by atoms with Crippen LogP contribution in [0.1, 0.15) is 60.4 Å². The van der Waals surface area contributed by atoms with Crippen molar-refractivity contribution in [2.75, 3.05) is 0 Å². The molecule has 9 heteroatoms. The van der Waals surface area contributed by atoms with Gasteiger partial charge in [-0.05, 0) is 77.9 Å². The van der Waals surface area contributed by atoms with E-state index in [1.807, 2.05) is 59.2 Å². The number of ketones is 2. The molecule has 0 spiro atoms. The predicted molar refractivity (Wildman–Crippen MR) is 202 cm³/mol. The van der Waals surface area contributed by atoms with E-state index in [-0.39, 0.29) is 11.6 Å². The summed E-state index contributed by atoms with van der Waals surface area (Å²) in [6.07, 6.45) is 0. The molecule has 7 aromatic heterocycles. The van der Waals surface area contributed by atoms with Crippen molar-refractivity contribution >= 4 is 121 Å². The molecule has 222 valence electrons. The van der Waals surface area contributed by atoms with Crippen molar-refractivity contribution in [2.45, 2.75) is 41.5 Å². The third-order valence-corrected chi connectivity index (χ3v) is 16.5. The van der Waals surface area contributed by atoms with Crippen LogP contribution in [0.25, 0.3) is 60.9 Å². The van der Waals surface area contributed by atoms with Gasteiger partial charge in [-0.3, -0.25) is 9.59 Å². The summed E-state index contributed by atoms with van der Waals surface area (Å²) < 4.78 is 3.72. The van der Waals surface area contributed by atoms with Crippen molar-refractivity contribution in [2.24, 2.45) is 0 Å². The molecule has 0 saturated heterocycles. The first kappa shape index (κ1) is 28.5. The third kappa shape index (κ3) is 3.92. The Morgan fingerprint density at radius 2 is 1.02 bits per heavy atom. The van der Waals surface area contributed by atoms with Crippen molar-refractivity contribution in [1.29, 1.82) is 0 Å². The predicted octanol–water partition coefficient (Wildman–Crippen LogP) is 13.2. The Labute approximate surface area is 287 Å². The Morgan fingerprint density at radius 3 is 1.64 bits per heavy atom. The van der Waals surface area contributed by atoms with E-state index < -0.39 is 0 Å². The summed E-state index contributed by atoms with van der Waals surface area (Å²) in [5.74, 6) is 0.0217. The van der Waals surface area contributed by atoms with Crippen LogP contribution < -0.4 is 0 Å². The van der Waals surface area contributed by atoms with Gasteiger partial charge in [0.1, 0.15) is 0 Å². The Bertz CT molecular complexity index is 2500. The third-order valence-electron chi connectivity index (χ3n) is 8.65. The second-order valence-electron chi connectivity index (χ2n) is 11.6. The zero-order valence-corrected chi connectivity index (χ0v) is 30.9. The summed E-state index contributed by atoms with van der Waals surface area (Å²) in [5.41, 5.74) is 4.50. The van der Waals surface area contributed by atoms with Crippen LogP contribution >= 0.6 is 79.4 Å². The molecule has 9 rings (SSSR count). The van der Waals surface area contributed by atoms with Gasteiger partial charge in [0.25, 0.3) is 0 Å². The van der Waals surface area contributed by atoms with Gasteiger partial charge in [0.2, 0.25) is 5.78 Å². The molecule has 7 heterocycles. The van der Waals surface area contributed by atoms with Gasteiger partial charge in [0.15, 0.2) is 5.78 Å². The van der Waals surface area contributed by atoms with Crippen molar-refractivity contribution < 1.29 is 9.59 Å². The Balaban J connectivity index is 1.35. The summed E-state index contributed by atoms with van der Waals surface area (Å²) in [6, 6.07) is 13.8. The number of thiophene rings is 7. The molecule has 0 saturated carbocycles. The van der Waals surface area contributed by atoms with Gasteiger partial charge in [0.05, 0.1) is 20.0 Å². The number of hydrogen-bond donors (Lipinski definition) is 0. The molecule has 1 aromatic carbocycles. The van der Waals surface area contributed by atoms with Gasteiger partial charge in [-0.25, -0.2) is 0 Å². The number of carbonyl (C=O) groups excluding carboxylic acids is 2. The van der Waals surface area contributed by atoms with Crippen LogP contribution in [-0.4, -0.2) is 11.6 Å². The Morgan fingerprint density at radius 1 is 0.422 bits per heavy atom. The molecule has 0 aliphatic heterocycles. The van der Waals surface area contributed by atoms with E-state index in [9.17, 15) is 9.59 Å². The number of carbonyl (C=O) groups is 2. The maximum absolute atomic E-state index is 14.0. The normalized spacial score (nSPS) is 13.2. The molecule has 1 aliphatic carbocycles.